The highest BCUT2D eigenvalue weighted by Crippen LogP contribution is 2.75. The average Bonchev–Trinajstić information content (AvgIpc) is 2.99. The molecule has 0 heterocycles. The predicted octanol–water partition coefficient (Wildman–Crippen LogP) is 4.88. The topological polar surface area (TPSA) is 160 Å². The third-order valence-electron chi connectivity index (χ3n) is 15.4. The lowest BCUT2D eigenvalue weighted by molar-refractivity contribution is -0.292. The summed E-state index contributed by atoms with van der Waals surface area (Å²) in [6, 6.07) is 0. The number of allylic oxidation sites excluding steroid dienone is 1. The Bertz CT molecular complexity index is 1390. The molecule has 0 saturated heterocycles. The van der Waals surface area contributed by atoms with E-state index in [0.29, 0.717) is 18.8 Å². The second kappa shape index (κ2) is 12.0. The SMILES string of the molecule is CCC(C)(OC(C)=O)C(=O)OC1C(O)C2(COC(C)=O)C(CC1(C)C)C1=CCC3C4(C)CCC(O)C(C)(C)C4CCC3(C)C1(C)C(O)C2O. The first-order valence-electron chi connectivity index (χ1n) is 18.4. The molecule has 5 aliphatic carbocycles. The highest BCUT2D eigenvalue weighted by atomic mass is 16.6. The van der Waals surface area contributed by atoms with E-state index < -0.39 is 75.5 Å². The number of aliphatic hydroxyl groups is 4. The number of aliphatic hydroxyl groups excluding tert-OH is 4. The molecule has 10 nitrogen and oxygen atoms in total. The molecular formula is C39H62O10. The van der Waals surface area contributed by atoms with Crippen molar-refractivity contribution in [3.8, 4) is 0 Å². The zero-order valence-corrected chi connectivity index (χ0v) is 31.6. The Balaban J connectivity index is 1.63. The summed E-state index contributed by atoms with van der Waals surface area (Å²) in [5.41, 5.74) is -4.75. The van der Waals surface area contributed by atoms with Crippen LogP contribution in [-0.2, 0) is 28.6 Å². The van der Waals surface area contributed by atoms with Crippen LogP contribution in [0.25, 0.3) is 0 Å². The van der Waals surface area contributed by atoms with Gasteiger partial charge in [0.1, 0.15) is 18.8 Å². The van der Waals surface area contributed by atoms with E-state index in [0.717, 1.165) is 31.3 Å². The summed E-state index contributed by atoms with van der Waals surface area (Å²) in [6.45, 7) is 20.1. The Kier molecular flexibility index (Phi) is 9.38. The van der Waals surface area contributed by atoms with Crippen LogP contribution in [0.1, 0.15) is 121 Å². The minimum atomic E-state index is -1.60. The second-order valence-electron chi connectivity index (χ2n) is 18.5. The maximum Gasteiger partial charge on any atom is 0.350 e. The molecule has 0 aliphatic heterocycles. The van der Waals surface area contributed by atoms with Gasteiger partial charge in [-0.15, -0.1) is 0 Å². The van der Waals surface area contributed by atoms with Gasteiger partial charge < -0.3 is 34.6 Å². The minimum absolute atomic E-state index is 0.101. The fraction of sp³-hybridized carbons (Fsp3) is 0.872. The Hall–Kier alpha value is -2.01. The zero-order chi connectivity index (χ0) is 36.9. The van der Waals surface area contributed by atoms with Crippen LogP contribution in [0.3, 0.4) is 0 Å². The van der Waals surface area contributed by atoms with Crippen LogP contribution in [0.4, 0.5) is 0 Å². The molecule has 13 atom stereocenters. The number of carbonyl (C=O) groups excluding carboxylic acids is 3. The van der Waals surface area contributed by atoms with Crippen molar-refractivity contribution < 1.29 is 49.0 Å². The van der Waals surface area contributed by atoms with Crippen molar-refractivity contribution >= 4 is 17.9 Å². The largest absolute Gasteiger partial charge is 0.465 e. The van der Waals surface area contributed by atoms with E-state index in [1.807, 2.05) is 13.8 Å². The Labute approximate surface area is 292 Å². The summed E-state index contributed by atoms with van der Waals surface area (Å²) < 4.78 is 17.1. The Morgan fingerprint density at radius 1 is 0.878 bits per heavy atom. The van der Waals surface area contributed by atoms with Crippen molar-refractivity contribution in [1.29, 1.82) is 0 Å². The zero-order valence-electron chi connectivity index (χ0n) is 31.6. The maximum absolute atomic E-state index is 13.7. The van der Waals surface area contributed by atoms with Crippen LogP contribution in [0.5, 0.6) is 0 Å². The lowest BCUT2D eigenvalue weighted by Crippen LogP contribution is -2.76. The number of fused-ring (bicyclic) bond motifs is 7. The molecule has 4 N–H and O–H groups in total. The molecule has 0 aromatic rings. The first-order chi connectivity index (χ1) is 22.4. The van der Waals surface area contributed by atoms with Crippen LogP contribution in [-0.4, -0.2) is 81.1 Å². The van der Waals surface area contributed by atoms with Crippen molar-refractivity contribution in [2.75, 3.05) is 6.61 Å². The first kappa shape index (κ1) is 38.2. The molecule has 0 aromatic heterocycles. The van der Waals surface area contributed by atoms with Crippen molar-refractivity contribution in [3.63, 3.8) is 0 Å². The molecule has 4 fully saturated rings. The molecular weight excluding hydrogens is 628 g/mol. The fourth-order valence-corrected chi connectivity index (χ4v) is 12.2. The quantitative estimate of drug-likeness (QED) is 0.172. The van der Waals surface area contributed by atoms with E-state index in [4.69, 9.17) is 14.2 Å². The first-order valence-corrected chi connectivity index (χ1v) is 18.4. The van der Waals surface area contributed by atoms with Gasteiger partial charge in [0.2, 0.25) is 5.60 Å². The van der Waals surface area contributed by atoms with Gasteiger partial charge in [-0.05, 0) is 85.9 Å². The predicted molar refractivity (Wildman–Crippen MR) is 182 cm³/mol. The monoisotopic (exact) mass is 690 g/mol. The normalized spacial score (nSPS) is 46.3. The highest BCUT2D eigenvalue weighted by molar-refractivity contribution is 5.82. The van der Waals surface area contributed by atoms with Gasteiger partial charge in [0.15, 0.2) is 0 Å². The number of hydrogen-bond donors (Lipinski definition) is 4. The molecule has 0 bridgehead atoms. The van der Waals surface area contributed by atoms with Crippen molar-refractivity contribution in [2.45, 2.75) is 157 Å². The second-order valence-corrected chi connectivity index (χ2v) is 18.5. The minimum Gasteiger partial charge on any atom is -0.465 e. The molecule has 0 spiro atoms. The van der Waals surface area contributed by atoms with Gasteiger partial charge in [0, 0.05) is 24.7 Å². The lowest BCUT2D eigenvalue weighted by Gasteiger charge is -2.73. The summed E-state index contributed by atoms with van der Waals surface area (Å²) in [4.78, 5) is 37.9. The van der Waals surface area contributed by atoms with E-state index in [1.54, 1.807) is 6.92 Å². The summed E-state index contributed by atoms with van der Waals surface area (Å²) >= 11 is 0. The molecule has 0 amide bonds. The molecule has 5 aliphatic rings. The fourth-order valence-electron chi connectivity index (χ4n) is 12.2. The number of ether oxygens (including phenoxy) is 3. The number of esters is 3. The number of carbonyl (C=O) groups is 3. The van der Waals surface area contributed by atoms with Crippen LogP contribution >= 0.6 is 0 Å². The van der Waals surface area contributed by atoms with Crippen molar-refractivity contribution in [3.05, 3.63) is 11.6 Å². The molecule has 49 heavy (non-hydrogen) atoms. The summed E-state index contributed by atoms with van der Waals surface area (Å²) in [5, 5.41) is 48.6. The Morgan fingerprint density at radius 2 is 1.51 bits per heavy atom. The van der Waals surface area contributed by atoms with Crippen LogP contribution in [0.15, 0.2) is 11.6 Å². The Morgan fingerprint density at radius 3 is 2.08 bits per heavy atom. The van der Waals surface area contributed by atoms with Gasteiger partial charge in [0.05, 0.1) is 23.7 Å². The summed E-state index contributed by atoms with van der Waals surface area (Å²) in [5.74, 6) is -2.12. The molecule has 0 radical (unpaired) electrons. The number of hydrogen-bond acceptors (Lipinski definition) is 10. The van der Waals surface area contributed by atoms with E-state index in [-0.39, 0.29) is 35.9 Å². The van der Waals surface area contributed by atoms with Crippen molar-refractivity contribution in [1.82, 2.24) is 0 Å². The number of rotatable bonds is 6. The molecule has 5 rings (SSSR count). The third kappa shape index (κ3) is 5.19. The van der Waals surface area contributed by atoms with Gasteiger partial charge in [-0.1, -0.05) is 67.0 Å². The van der Waals surface area contributed by atoms with Gasteiger partial charge in [-0.25, -0.2) is 4.79 Å². The van der Waals surface area contributed by atoms with E-state index in [2.05, 4.69) is 40.7 Å². The van der Waals surface area contributed by atoms with Crippen molar-refractivity contribution in [2.24, 2.45) is 50.2 Å². The summed E-state index contributed by atoms with van der Waals surface area (Å²) in [6.07, 6.45) is 0.773. The maximum atomic E-state index is 13.7. The smallest absolute Gasteiger partial charge is 0.350 e. The molecule has 278 valence electrons. The molecule has 4 saturated carbocycles. The average molecular weight is 691 g/mol. The molecule has 10 heteroatoms. The van der Waals surface area contributed by atoms with Gasteiger partial charge in [-0.3, -0.25) is 9.59 Å². The van der Waals surface area contributed by atoms with Gasteiger partial charge in [-0.2, -0.15) is 0 Å². The van der Waals surface area contributed by atoms with E-state index >= 15 is 0 Å². The van der Waals surface area contributed by atoms with Crippen LogP contribution in [0, 0.1) is 50.2 Å². The molecule has 13 unspecified atom stereocenters. The van der Waals surface area contributed by atoms with E-state index in [1.165, 1.54) is 20.8 Å². The standard InChI is InChI=1S/C39H62O10/c1-12-37(10,49-22(3)41)32(46)48-31-30(45)39(20-47-21(2)40)24(19-33(31,4)5)23-13-14-26-35(8)17-16-27(42)34(6,7)25(35)15-18-36(26,9)38(23,11)28(43)29(39)44/h13,24-31,42-45H,12,14-20H2,1-11H3. The lowest BCUT2D eigenvalue weighted by atomic mass is 9.32. The van der Waals surface area contributed by atoms with Gasteiger partial charge in [0.25, 0.3) is 0 Å². The highest BCUT2D eigenvalue weighted by Gasteiger charge is 2.75. The molecule has 0 aromatic carbocycles. The summed E-state index contributed by atoms with van der Waals surface area (Å²) in [7, 11) is 0. The van der Waals surface area contributed by atoms with Crippen LogP contribution < -0.4 is 0 Å². The van der Waals surface area contributed by atoms with E-state index in [9.17, 15) is 34.8 Å². The van der Waals surface area contributed by atoms with Crippen LogP contribution in [0.2, 0.25) is 0 Å². The third-order valence-corrected chi connectivity index (χ3v) is 15.4. The van der Waals surface area contributed by atoms with Gasteiger partial charge >= 0.3 is 17.9 Å².